The van der Waals surface area contributed by atoms with Gasteiger partial charge in [-0.3, -0.25) is 0 Å². The van der Waals surface area contributed by atoms with Crippen LogP contribution in [0.4, 0.5) is 0 Å². The number of aromatic nitrogens is 7. The Hall–Kier alpha value is -4.95. The zero-order valence-corrected chi connectivity index (χ0v) is 64.8. The number of nitrogens with one attached hydrogen (secondary N) is 8. The number of nitrogens with zero attached hydrogens (tertiary/aromatic N) is 3. The van der Waals surface area contributed by atoms with Gasteiger partial charge in [-0.25, -0.2) is 15.0 Å². The van der Waals surface area contributed by atoms with Gasteiger partial charge in [0, 0.05) is 150 Å². The van der Waals surface area contributed by atoms with Crippen LogP contribution in [0, 0.1) is 0 Å². The number of pyridine rings is 3. The van der Waals surface area contributed by atoms with Crippen LogP contribution in [0.25, 0.3) is 49.6 Å². The monoisotopic (exact) mass is 1630 g/mol. The van der Waals surface area contributed by atoms with E-state index in [-0.39, 0.29) is 6.61 Å². The maximum atomic E-state index is 10.1. The second-order valence-corrected chi connectivity index (χ2v) is 35.5. The minimum Gasteiger partial charge on any atom is -0.391 e. The summed E-state index contributed by atoms with van der Waals surface area (Å²) in [5.41, 5.74) is 19.7. The van der Waals surface area contributed by atoms with Gasteiger partial charge in [-0.1, -0.05) is 29.4 Å². The number of hydrogen-bond donors (Lipinski definition) is 10. The molecular formula is C76H83Br4N11O2S4. The lowest BCUT2D eigenvalue weighted by Gasteiger charge is -2.23. The molecule has 0 spiro atoms. The number of benzene rings is 1. The highest BCUT2D eigenvalue weighted by Crippen LogP contribution is 2.50. The summed E-state index contributed by atoms with van der Waals surface area (Å²) in [7, 11) is 0. The normalized spacial score (nSPS) is 18.5. The highest BCUT2D eigenvalue weighted by Gasteiger charge is 2.40. The largest absolute Gasteiger partial charge is 0.391 e. The van der Waals surface area contributed by atoms with Gasteiger partial charge in [0.2, 0.25) is 0 Å². The first-order valence-corrected chi connectivity index (χ1v) is 40.4. The van der Waals surface area contributed by atoms with Crippen LogP contribution in [0.3, 0.4) is 0 Å². The summed E-state index contributed by atoms with van der Waals surface area (Å²) in [5.74, 6) is 0. The topological polar surface area (TPSA) is 190 Å². The first kappa shape index (κ1) is 69.1. The molecule has 12 aromatic rings. The Kier molecular flexibility index (Phi) is 21.3. The van der Waals surface area contributed by atoms with Crippen molar-refractivity contribution in [1.82, 2.24) is 56.2 Å². The Labute approximate surface area is 616 Å². The van der Waals surface area contributed by atoms with Crippen molar-refractivity contribution in [2.45, 2.75) is 186 Å². The summed E-state index contributed by atoms with van der Waals surface area (Å²) in [5, 5.41) is 35.6. The third kappa shape index (κ3) is 15.8. The zero-order valence-electron chi connectivity index (χ0n) is 55.1. The summed E-state index contributed by atoms with van der Waals surface area (Å²) >= 11 is 21.2. The fraction of sp³-hybridized carbons (Fsp3) is 0.382. The minimum atomic E-state index is -0.767. The Morgan fingerprint density at radius 1 is 0.515 bits per heavy atom. The van der Waals surface area contributed by atoms with E-state index in [0.29, 0.717) is 29.6 Å². The first-order valence-electron chi connectivity index (χ1n) is 34.0. The molecule has 10 N–H and O–H groups in total. The molecule has 0 amide bonds. The maximum absolute atomic E-state index is 10.1. The summed E-state index contributed by atoms with van der Waals surface area (Å²) in [4.78, 5) is 38.6. The highest BCUT2D eigenvalue weighted by molar-refractivity contribution is 9.11. The maximum Gasteiger partial charge on any atom is 0.106 e. The highest BCUT2D eigenvalue weighted by atomic mass is 79.9. The van der Waals surface area contributed by atoms with E-state index in [9.17, 15) is 10.2 Å². The number of aryl methyl sites for hydroxylation is 4. The molecule has 0 aliphatic heterocycles. The second kappa shape index (κ2) is 29.9. The number of hydrogen-bond acceptors (Lipinski definition) is 13. The van der Waals surface area contributed by atoms with Crippen molar-refractivity contribution in [2.75, 3.05) is 0 Å². The quantitative estimate of drug-likeness (QED) is 0.0420. The molecule has 4 atom stereocenters. The van der Waals surface area contributed by atoms with Crippen LogP contribution in [-0.4, -0.2) is 45.1 Å². The van der Waals surface area contributed by atoms with Crippen LogP contribution in [0.15, 0.2) is 128 Å². The molecule has 11 heterocycles. The van der Waals surface area contributed by atoms with E-state index < -0.39 is 5.60 Å². The molecule has 5 aliphatic rings. The molecule has 506 valence electrons. The van der Waals surface area contributed by atoms with Gasteiger partial charge in [-0.15, -0.1) is 45.3 Å². The lowest BCUT2D eigenvalue weighted by Crippen LogP contribution is -2.24. The van der Waals surface area contributed by atoms with Crippen LogP contribution >= 0.6 is 109 Å². The van der Waals surface area contributed by atoms with Crippen molar-refractivity contribution in [3.8, 4) is 0 Å². The second-order valence-electron chi connectivity index (χ2n) is 27.4. The lowest BCUT2D eigenvalue weighted by molar-refractivity contribution is 0.0825. The molecule has 0 bridgehead atoms. The first-order chi connectivity index (χ1) is 46.9. The predicted molar refractivity (Wildman–Crippen MR) is 417 cm³/mol. The van der Waals surface area contributed by atoms with Crippen molar-refractivity contribution < 1.29 is 10.2 Å². The Bertz CT molecular complexity index is 4640. The van der Waals surface area contributed by atoms with Crippen LogP contribution < -0.4 is 21.3 Å². The number of H-pyrrole nitrogens is 4. The van der Waals surface area contributed by atoms with Gasteiger partial charge in [0.1, 0.15) is 13.8 Å². The van der Waals surface area contributed by atoms with Gasteiger partial charge in [0.25, 0.3) is 0 Å². The summed E-state index contributed by atoms with van der Waals surface area (Å²) in [6.45, 7) is 15.8. The lowest BCUT2D eigenvalue weighted by atomic mass is 9.91. The number of aromatic amines is 4. The van der Waals surface area contributed by atoms with Gasteiger partial charge >= 0.3 is 0 Å². The number of halogens is 4. The number of aliphatic hydroxyl groups is 2. The number of allylic oxidation sites excluding steroid dienone is 1. The Morgan fingerprint density at radius 3 is 1.36 bits per heavy atom. The van der Waals surface area contributed by atoms with Crippen molar-refractivity contribution in [1.29, 1.82) is 0 Å². The van der Waals surface area contributed by atoms with Gasteiger partial charge < -0.3 is 51.4 Å². The molecule has 1 aromatic carbocycles. The van der Waals surface area contributed by atoms with E-state index in [1.54, 1.807) is 27.6 Å². The van der Waals surface area contributed by atoms with Gasteiger partial charge in [-0.2, -0.15) is 0 Å². The molecule has 11 aromatic heterocycles. The molecular weight excluding hydrogens is 1550 g/mol. The van der Waals surface area contributed by atoms with E-state index in [4.69, 9.17) is 4.98 Å². The van der Waals surface area contributed by atoms with Crippen molar-refractivity contribution in [3.63, 3.8) is 0 Å². The molecule has 0 unspecified atom stereocenters. The van der Waals surface area contributed by atoms with Crippen molar-refractivity contribution >= 4 is 159 Å². The fourth-order valence-corrected chi connectivity index (χ4v) is 19.5. The number of aliphatic hydroxyl groups excluding tert-OH is 1. The molecule has 1 fully saturated rings. The van der Waals surface area contributed by atoms with Gasteiger partial charge in [-0.05, 0) is 273 Å². The molecule has 5 aliphatic carbocycles. The van der Waals surface area contributed by atoms with Crippen molar-refractivity contribution in [2.24, 2.45) is 0 Å². The summed E-state index contributed by atoms with van der Waals surface area (Å²) in [6.07, 6.45) is 16.6. The van der Waals surface area contributed by atoms with Gasteiger partial charge in [0.05, 0.1) is 45.3 Å². The molecule has 97 heavy (non-hydrogen) atoms. The van der Waals surface area contributed by atoms with Crippen LogP contribution in [0.1, 0.15) is 200 Å². The predicted octanol–water partition coefficient (Wildman–Crippen LogP) is 20.6. The molecule has 1 saturated carbocycles. The SMILES string of the molecule is C=C(C)c1ccc(CN[C@@H]2CCCc3c2[nH]c2ccc(Br)cc32)s1.CC(C)(O)c1ccc(CN[C@@H]2CCCc3c2[nH]c2ccc(Br)nc32)s1.CC1(c2ccc(CN[C@@H]3CCCc4c3[nH]c3ccc(Br)nc43)s2)CC1.OCc1ccc(CN[C@@H]2CCCc3c2[nH]c2ccc(Br)nc32)s1. The summed E-state index contributed by atoms with van der Waals surface area (Å²) < 4.78 is 3.83. The number of thiophene rings is 4. The smallest absolute Gasteiger partial charge is 0.106 e. The van der Waals surface area contributed by atoms with Crippen molar-refractivity contribution in [3.05, 3.63) is 212 Å². The molecule has 0 saturated heterocycles. The van der Waals surface area contributed by atoms with E-state index in [2.05, 4.69) is 208 Å². The Balaban J connectivity index is 0.000000111. The number of fused-ring (bicyclic) bond motifs is 12. The molecule has 0 radical (unpaired) electrons. The summed E-state index contributed by atoms with van der Waals surface area (Å²) in [6, 6.07) is 37.6. The third-order valence-electron chi connectivity index (χ3n) is 19.8. The molecule has 17 rings (SSSR count). The average molecular weight is 1630 g/mol. The van der Waals surface area contributed by atoms with Crippen LogP contribution in [-0.2, 0) is 69.5 Å². The van der Waals surface area contributed by atoms with E-state index in [1.807, 2.05) is 66.9 Å². The van der Waals surface area contributed by atoms with Crippen LogP contribution in [0.2, 0.25) is 0 Å². The average Bonchev–Trinajstić information content (AvgIpc) is 1.66. The molecule has 21 heteroatoms. The number of rotatable bonds is 16. The fourth-order valence-electron chi connectivity index (χ4n) is 14.4. The molecule has 13 nitrogen and oxygen atoms in total. The minimum absolute atomic E-state index is 0.126. The van der Waals surface area contributed by atoms with Gasteiger partial charge in [0.15, 0.2) is 0 Å². The van der Waals surface area contributed by atoms with Crippen LogP contribution in [0.5, 0.6) is 0 Å². The van der Waals surface area contributed by atoms with E-state index in [0.717, 1.165) is 125 Å². The standard InChI is InChI=1S/C20H22BrN3S.C20H21BrN2S.C19H22BrN3OS.C17H18BrN3OS/c1-20(9-10-20)16-7-5-12(25-16)11-22-14-4-2-3-13-18(14)23-15-6-8-17(21)24-19(13)15;1-12(2)19-9-7-14(24-19)11-22-18-5-3-4-15-16-10-13(21)6-8-17(16)23-20(15)18;1-19(2,24)15-8-6-11(25-15)10-21-13-5-3-4-12-17(13)22-14-7-9-16(20)23-18(12)14;18-15-7-6-14-17(21-15)12-2-1-3-13(16(12)20-14)19-8-10-4-5-11(9-22)23-10/h5-8,14,22-23H,2-4,9-11H2,1H3;6-10,18,22-23H,1,3-5,11H2,2H3;6-9,13,21-22,24H,3-5,10H2,1-2H3;4-7,13,19-20,22H,1-3,8-9H2/t14-;18-;2*13-/m1111/s1. The third-order valence-corrected chi connectivity index (χ3v) is 26.7. The van der Waals surface area contributed by atoms with E-state index in [1.165, 1.54) is 138 Å². The van der Waals surface area contributed by atoms with E-state index >= 15 is 0 Å². The zero-order chi connectivity index (χ0) is 67.1. The Morgan fingerprint density at radius 2 is 0.918 bits per heavy atom.